The van der Waals surface area contributed by atoms with Crippen molar-refractivity contribution in [2.75, 3.05) is 17.3 Å². The van der Waals surface area contributed by atoms with Crippen LogP contribution in [0.25, 0.3) is 0 Å². The highest BCUT2D eigenvalue weighted by atomic mass is 32.2. The van der Waals surface area contributed by atoms with Crippen molar-refractivity contribution in [3.8, 4) is 0 Å². The van der Waals surface area contributed by atoms with Gasteiger partial charge in [0.25, 0.3) is 0 Å². The second-order valence-electron chi connectivity index (χ2n) is 10.7. The Kier molecular flexibility index (Phi) is 5.48. The van der Waals surface area contributed by atoms with Gasteiger partial charge in [-0.05, 0) is 67.9 Å². The zero-order chi connectivity index (χ0) is 25.1. The van der Waals surface area contributed by atoms with Gasteiger partial charge >= 0.3 is 0 Å². The molecule has 0 radical (unpaired) electrons. The molecule has 6 rings (SSSR count). The monoisotopic (exact) mass is 504 g/mol. The number of hydrogen-bond donors (Lipinski definition) is 1. The number of carbonyl (C=O) groups excluding carboxylic acids is 1. The Bertz CT molecular complexity index is 1430. The van der Waals surface area contributed by atoms with Gasteiger partial charge in [-0.1, -0.05) is 18.2 Å². The molecule has 0 spiro atoms. The fourth-order valence-electron chi connectivity index (χ4n) is 6.13. The van der Waals surface area contributed by atoms with Crippen molar-refractivity contribution in [2.24, 2.45) is 13.0 Å². The van der Waals surface area contributed by atoms with Crippen molar-refractivity contribution in [1.82, 2.24) is 9.78 Å². The molecule has 3 aromatic rings. The summed E-state index contributed by atoms with van der Waals surface area (Å²) in [5, 5.41) is 8.31. The van der Waals surface area contributed by atoms with E-state index in [2.05, 4.69) is 16.5 Å². The summed E-state index contributed by atoms with van der Waals surface area (Å²) >= 11 is 0. The number of nitrogens with one attached hydrogen (secondary N) is 1. The van der Waals surface area contributed by atoms with Gasteiger partial charge in [-0.15, -0.1) is 0 Å². The highest BCUT2D eigenvalue weighted by molar-refractivity contribution is 7.92. The van der Waals surface area contributed by atoms with Gasteiger partial charge in [-0.3, -0.25) is 9.48 Å². The lowest BCUT2D eigenvalue weighted by atomic mass is 9.76. The molecule has 2 saturated carbocycles. The molecule has 2 fully saturated rings. The molecule has 3 aliphatic rings. The second kappa shape index (κ2) is 8.47. The fourth-order valence-corrected chi connectivity index (χ4v) is 7.82. The number of benzene rings is 2. The number of aromatic nitrogens is 2. The van der Waals surface area contributed by atoms with Crippen molar-refractivity contribution < 1.29 is 13.2 Å². The number of para-hydroxylation sites is 1. The molecule has 2 aromatic carbocycles. The van der Waals surface area contributed by atoms with Crippen LogP contribution in [0, 0.1) is 5.92 Å². The van der Waals surface area contributed by atoms with Crippen LogP contribution in [-0.4, -0.2) is 36.6 Å². The summed E-state index contributed by atoms with van der Waals surface area (Å²) in [6.07, 6.45) is 8.18. The summed E-state index contributed by atoms with van der Waals surface area (Å²) in [6.45, 7) is 0. The van der Waals surface area contributed by atoms with Crippen molar-refractivity contribution >= 4 is 32.8 Å². The fraction of sp³-hybridized carbons (Fsp3) is 0.429. The third kappa shape index (κ3) is 3.92. The quantitative estimate of drug-likeness (QED) is 0.496. The summed E-state index contributed by atoms with van der Waals surface area (Å²) < 4.78 is 28.7. The van der Waals surface area contributed by atoms with Crippen LogP contribution in [0.3, 0.4) is 0 Å². The van der Waals surface area contributed by atoms with Gasteiger partial charge < -0.3 is 10.2 Å². The van der Waals surface area contributed by atoms with Gasteiger partial charge in [0.15, 0.2) is 0 Å². The van der Waals surface area contributed by atoms with E-state index in [0.717, 1.165) is 49.2 Å². The molecule has 0 bridgehead atoms. The van der Waals surface area contributed by atoms with Crippen molar-refractivity contribution in [3.05, 3.63) is 60.3 Å². The molecule has 1 unspecified atom stereocenters. The summed E-state index contributed by atoms with van der Waals surface area (Å²) in [4.78, 5) is 14.6. The van der Waals surface area contributed by atoms with E-state index in [1.165, 1.54) is 0 Å². The van der Waals surface area contributed by atoms with Crippen molar-refractivity contribution in [1.29, 1.82) is 0 Å². The van der Waals surface area contributed by atoms with Crippen molar-refractivity contribution in [3.63, 3.8) is 0 Å². The van der Waals surface area contributed by atoms with Gasteiger partial charge in [0.2, 0.25) is 9.84 Å². The highest BCUT2D eigenvalue weighted by Crippen LogP contribution is 2.54. The van der Waals surface area contributed by atoms with Crippen molar-refractivity contribution in [2.45, 2.75) is 66.2 Å². The molecule has 1 N–H and O–H groups in total. The first-order chi connectivity index (χ1) is 17.3. The first-order valence-corrected chi connectivity index (χ1v) is 14.3. The molecule has 7 nitrogen and oxygen atoms in total. The SMILES string of the molecule is CN1c2ccccc2S(=O)(=O)c2ccc(C(CC3CCC(=O)CC3)C3(Nc4ccn(C)n4)CC3)cc21. The molecule has 36 heavy (non-hydrogen) atoms. The first-order valence-electron chi connectivity index (χ1n) is 12.8. The minimum Gasteiger partial charge on any atom is -0.363 e. The number of sulfone groups is 1. The Morgan fingerprint density at radius 2 is 1.75 bits per heavy atom. The maximum absolute atomic E-state index is 13.4. The smallest absolute Gasteiger partial charge is 0.210 e. The van der Waals surface area contributed by atoms with E-state index in [9.17, 15) is 13.2 Å². The summed E-state index contributed by atoms with van der Waals surface area (Å²) in [5.74, 6) is 1.91. The maximum atomic E-state index is 13.4. The van der Waals surface area contributed by atoms with E-state index in [0.29, 0.717) is 40.0 Å². The number of aryl methyl sites for hydroxylation is 1. The molecular formula is C28H32N4O3S. The Labute approximate surface area is 212 Å². The summed E-state index contributed by atoms with van der Waals surface area (Å²) in [5.41, 5.74) is 2.46. The topological polar surface area (TPSA) is 84.3 Å². The van der Waals surface area contributed by atoms with Crippen LogP contribution in [0.2, 0.25) is 0 Å². The largest absolute Gasteiger partial charge is 0.363 e. The number of anilines is 3. The van der Waals surface area contributed by atoms with Crippen LogP contribution in [-0.2, 0) is 21.7 Å². The predicted octanol–water partition coefficient (Wildman–Crippen LogP) is 5.21. The predicted molar refractivity (Wildman–Crippen MR) is 140 cm³/mol. The Morgan fingerprint density at radius 1 is 1.03 bits per heavy atom. The van der Waals surface area contributed by atoms with E-state index in [1.807, 2.05) is 49.5 Å². The normalized spacial score (nSPS) is 20.9. The molecule has 2 heterocycles. The lowest BCUT2D eigenvalue weighted by Gasteiger charge is -2.35. The van der Waals surface area contributed by atoms with E-state index < -0.39 is 9.84 Å². The standard InChI is InChI=1S/C28H32N4O3S/c1-31-16-13-27(30-31)29-28(14-15-28)22(17-19-7-10-21(33)11-8-19)20-9-12-26-24(18-20)32(2)23-5-3-4-6-25(23)36(26,34)35/h3-6,9,12-13,16,18-19,22H,7-8,10-11,14-15,17H2,1-2H3,(H,29,30). The maximum Gasteiger partial charge on any atom is 0.210 e. The Balaban J connectivity index is 1.40. The van der Waals surface area contributed by atoms with Crippen LogP contribution < -0.4 is 10.2 Å². The molecule has 8 heteroatoms. The lowest BCUT2D eigenvalue weighted by molar-refractivity contribution is -0.121. The molecule has 0 amide bonds. The minimum absolute atomic E-state index is 0.117. The number of ketones is 1. The van der Waals surface area contributed by atoms with Crippen LogP contribution in [0.15, 0.2) is 64.5 Å². The number of nitrogens with zero attached hydrogens (tertiary/aromatic N) is 3. The zero-order valence-corrected chi connectivity index (χ0v) is 21.6. The third-order valence-electron chi connectivity index (χ3n) is 8.33. The van der Waals surface area contributed by atoms with Gasteiger partial charge in [0.05, 0.1) is 21.2 Å². The average Bonchev–Trinajstić information content (AvgIpc) is 3.54. The van der Waals surface area contributed by atoms with Gasteiger partial charge in [-0.2, -0.15) is 5.10 Å². The number of carbonyl (C=O) groups is 1. The van der Waals surface area contributed by atoms with E-state index in [-0.39, 0.29) is 11.5 Å². The van der Waals surface area contributed by atoms with Gasteiger partial charge in [0.1, 0.15) is 11.6 Å². The molecule has 1 aromatic heterocycles. The summed E-state index contributed by atoms with van der Waals surface area (Å²) in [7, 11) is 0.274. The molecular weight excluding hydrogens is 472 g/mol. The molecule has 2 aliphatic carbocycles. The third-order valence-corrected chi connectivity index (χ3v) is 10.2. The van der Waals surface area contributed by atoms with Gasteiger partial charge in [-0.25, -0.2) is 8.42 Å². The minimum atomic E-state index is -3.58. The van der Waals surface area contributed by atoms with Crippen LogP contribution in [0.5, 0.6) is 0 Å². The summed E-state index contributed by atoms with van der Waals surface area (Å²) in [6, 6.07) is 15.1. The average molecular weight is 505 g/mol. The van der Waals surface area contributed by atoms with E-state index >= 15 is 0 Å². The van der Waals surface area contributed by atoms with E-state index in [1.54, 1.807) is 22.9 Å². The zero-order valence-electron chi connectivity index (χ0n) is 20.8. The number of fused-ring (bicyclic) bond motifs is 2. The Hall–Kier alpha value is -3.13. The molecule has 188 valence electrons. The van der Waals surface area contributed by atoms with E-state index in [4.69, 9.17) is 0 Å². The van der Waals surface area contributed by atoms with Crippen LogP contribution in [0.4, 0.5) is 17.2 Å². The van der Waals surface area contributed by atoms with Gasteiger partial charge in [0, 0.05) is 50.7 Å². The second-order valence-corrected chi connectivity index (χ2v) is 12.6. The number of Topliss-reactive ketones (excluding diaryl/α,β-unsaturated/α-hetero) is 1. The Morgan fingerprint density at radius 3 is 2.44 bits per heavy atom. The molecule has 0 saturated heterocycles. The molecule has 1 atom stereocenters. The lowest BCUT2D eigenvalue weighted by Crippen LogP contribution is -2.33. The van der Waals surface area contributed by atoms with Crippen LogP contribution >= 0.6 is 0 Å². The number of rotatable bonds is 6. The highest BCUT2D eigenvalue weighted by Gasteiger charge is 2.51. The van der Waals surface area contributed by atoms with Crippen LogP contribution in [0.1, 0.15) is 56.4 Å². The first kappa shape index (κ1) is 23.3. The molecule has 1 aliphatic heterocycles. The number of hydrogen-bond acceptors (Lipinski definition) is 6.